The van der Waals surface area contributed by atoms with Gasteiger partial charge in [0.05, 0.1) is 11.9 Å². The van der Waals surface area contributed by atoms with Gasteiger partial charge in [0.1, 0.15) is 0 Å². The number of hydrogen-bond acceptors (Lipinski definition) is 3. The Morgan fingerprint density at radius 1 is 1.82 bits per heavy atom. The smallest absolute Gasteiger partial charge is 0.240 e. The van der Waals surface area contributed by atoms with Gasteiger partial charge in [0.25, 0.3) is 0 Å². The summed E-state index contributed by atoms with van der Waals surface area (Å²) < 4.78 is 0. The van der Waals surface area contributed by atoms with E-state index in [1.807, 2.05) is 11.8 Å². The van der Waals surface area contributed by atoms with Gasteiger partial charge >= 0.3 is 0 Å². The third kappa shape index (κ3) is 2.10. The van der Waals surface area contributed by atoms with Gasteiger partial charge in [-0.25, -0.2) is 0 Å². The van der Waals surface area contributed by atoms with Gasteiger partial charge in [-0.05, 0) is 6.42 Å². The molecule has 1 aliphatic rings. The fourth-order valence-electron chi connectivity index (χ4n) is 0.997. The van der Waals surface area contributed by atoms with Crippen LogP contribution in [0.15, 0.2) is 0 Å². The summed E-state index contributed by atoms with van der Waals surface area (Å²) in [5.41, 5.74) is 5.60. The second kappa shape index (κ2) is 3.97. The Hall–Kier alpha value is -0.220. The van der Waals surface area contributed by atoms with Crippen LogP contribution in [0.2, 0.25) is 0 Å². The van der Waals surface area contributed by atoms with Crippen molar-refractivity contribution >= 4 is 17.7 Å². The summed E-state index contributed by atoms with van der Waals surface area (Å²) in [6.07, 6.45) is 0.736. The van der Waals surface area contributed by atoms with Gasteiger partial charge in [0.15, 0.2) is 0 Å². The number of carbonyl (C=O) groups excluding carboxylic acids is 1. The second-order valence-corrected chi connectivity index (χ2v) is 3.73. The summed E-state index contributed by atoms with van der Waals surface area (Å²) in [5.74, 6) is 1.99. The summed E-state index contributed by atoms with van der Waals surface area (Å²) in [6.45, 7) is 2.81. The average Bonchev–Trinajstić information content (AvgIpc) is 2.53. The van der Waals surface area contributed by atoms with Crippen molar-refractivity contribution in [2.24, 2.45) is 5.73 Å². The van der Waals surface area contributed by atoms with Gasteiger partial charge in [-0.3, -0.25) is 4.79 Å². The maximum Gasteiger partial charge on any atom is 0.240 e. The molecule has 1 heterocycles. The molecule has 1 rings (SSSR count). The van der Waals surface area contributed by atoms with Gasteiger partial charge in [0.2, 0.25) is 5.91 Å². The van der Waals surface area contributed by atoms with E-state index < -0.39 is 0 Å². The first-order valence-corrected chi connectivity index (χ1v) is 5.03. The Labute approximate surface area is 71.3 Å². The standard InChI is InChI=1S/C7H14N2OS/c1-2-6(8)7(10)9-3-4-11-5-9/h6H,2-5,8H2,1H3. The second-order valence-electron chi connectivity index (χ2n) is 2.65. The van der Waals surface area contributed by atoms with Crippen LogP contribution in [0.1, 0.15) is 13.3 Å². The number of carbonyl (C=O) groups is 1. The number of hydrogen-bond donors (Lipinski definition) is 1. The van der Waals surface area contributed by atoms with E-state index in [4.69, 9.17) is 5.73 Å². The molecule has 0 aromatic heterocycles. The van der Waals surface area contributed by atoms with Gasteiger partial charge in [0, 0.05) is 12.3 Å². The zero-order valence-electron chi connectivity index (χ0n) is 6.75. The summed E-state index contributed by atoms with van der Waals surface area (Å²) in [5, 5.41) is 0. The van der Waals surface area contributed by atoms with Crippen LogP contribution < -0.4 is 5.73 Å². The van der Waals surface area contributed by atoms with Crippen molar-refractivity contribution in [2.75, 3.05) is 18.2 Å². The van der Waals surface area contributed by atoms with E-state index in [1.165, 1.54) is 0 Å². The number of thioether (sulfide) groups is 1. The Balaban J connectivity index is 2.39. The van der Waals surface area contributed by atoms with Crippen LogP contribution >= 0.6 is 11.8 Å². The van der Waals surface area contributed by atoms with Crippen LogP contribution in [-0.2, 0) is 4.79 Å². The predicted molar refractivity (Wildman–Crippen MR) is 47.3 cm³/mol. The molecule has 0 bridgehead atoms. The van der Waals surface area contributed by atoms with E-state index in [9.17, 15) is 4.79 Å². The lowest BCUT2D eigenvalue weighted by atomic mass is 10.2. The Morgan fingerprint density at radius 2 is 2.55 bits per heavy atom. The number of amides is 1. The molecule has 64 valence electrons. The monoisotopic (exact) mass is 174 g/mol. The lowest BCUT2D eigenvalue weighted by molar-refractivity contribution is -0.131. The van der Waals surface area contributed by atoms with Gasteiger partial charge in [-0.2, -0.15) is 0 Å². The topological polar surface area (TPSA) is 46.3 Å². The van der Waals surface area contributed by atoms with Crippen molar-refractivity contribution in [1.29, 1.82) is 0 Å². The van der Waals surface area contributed by atoms with Crippen molar-refractivity contribution in [3.8, 4) is 0 Å². The largest absolute Gasteiger partial charge is 0.331 e. The summed E-state index contributed by atoms with van der Waals surface area (Å²) in [6, 6.07) is -0.284. The molecule has 0 saturated carbocycles. The number of nitrogens with zero attached hydrogens (tertiary/aromatic N) is 1. The minimum atomic E-state index is -0.284. The van der Waals surface area contributed by atoms with E-state index in [0.29, 0.717) is 0 Å². The first-order chi connectivity index (χ1) is 5.25. The van der Waals surface area contributed by atoms with Crippen LogP contribution in [0.5, 0.6) is 0 Å². The van der Waals surface area contributed by atoms with Crippen molar-refractivity contribution in [3.63, 3.8) is 0 Å². The van der Waals surface area contributed by atoms with Crippen molar-refractivity contribution < 1.29 is 4.79 Å². The molecule has 1 atom stereocenters. The van der Waals surface area contributed by atoms with Crippen LogP contribution in [0.25, 0.3) is 0 Å². The number of nitrogens with two attached hydrogens (primary N) is 1. The normalized spacial score (nSPS) is 20.4. The first-order valence-electron chi connectivity index (χ1n) is 3.87. The molecule has 0 aliphatic carbocycles. The molecule has 0 aromatic rings. The van der Waals surface area contributed by atoms with Crippen LogP contribution in [0.4, 0.5) is 0 Å². The third-order valence-corrected chi connectivity index (χ3v) is 2.79. The molecular weight excluding hydrogens is 160 g/mol. The van der Waals surface area contributed by atoms with Crippen molar-refractivity contribution in [2.45, 2.75) is 19.4 Å². The minimum Gasteiger partial charge on any atom is -0.331 e. The van der Waals surface area contributed by atoms with Crippen LogP contribution in [0.3, 0.4) is 0 Å². The molecule has 1 amide bonds. The predicted octanol–water partition coefficient (Wildman–Crippen LogP) is 0.257. The lowest BCUT2D eigenvalue weighted by Gasteiger charge is -2.17. The SMILES string of the molecule is CCC(N)C(=O)N1CCSC1. The molecule has 1 aliphatic heterocycles. The molecule has 0 aromatic carbocycles. The summed E-state index contributed by atoms with van der Waals surface area (Å²) >= 11 is 1.79. The average molecular weight is 174 g/mol. The molecule has 1 fully saturated rings. The Morgan fingerprint density at radius 3 is 3.00 bits per heavy atom. The van der Waals surface area contributed by atoms with Crippen LogP contribution in [-0.4, -0.2) is 35.0 Å². The van der Waals surface area contributed by atoms with Crippen LogP contribution in [0, 0.1) is 0 Å². The third-order valence-electron chi connectivity index (χ3n) is 1.82. The maximum atomic E-state index is 11.4. The molecule has 1 unspecified atom stereocenters. The lowest BCUT2D eigenvalue weighted by Crippen LogP contribution is -2.41. The summed E-state index contributed by atoms with van der Waals surface area (Å²) in [4.78, 5) is 13.2. The Bertz CT molecular complexity index is 145. The van der Waals surface area contributed by atoms with E-state index >= 15 is 0 Å². The highest BCUT2D eigenvalue weighted by atomic mass is 32.2. The summed E-state index contributed by atoms with van der Waals surface area (Å²) in [7, 11) is 0. The van der Waals surface area contributed by atoms with E-state index in [2.05, 4.69) is 0 Å². The van der Waals surface area contributed by atoms with E-state index in [1.54, 1.807) is 11.8 Å². The van der Waals surface area contributed by atoms with E-state index in [-0.39, 0.29) is 11.9 Å². The van der Waals surface area contributed by atoms with Gasteiger partial charge in [-0.1, -0.05) is 6.92 Å². The zero-order valence-corrected chi connectivity index (χ0v) is 7.56. The molecular formula is C7H14N2OS. The minimum absolute atomic E-state index is 0.109. The fourth-order valence-corrected chi connectivity index (χ4v) is 1.95. The van der Waals surface area contributed by atoms with Gasteiger partial charge in [-0.15, -0.1) is 11.8 Å². The molecule has 3 nitrogen and oxygen atoms in total. The highest BCUT2D eigenvalue weighted by Crippen LogP contribution is 2.14. The van der Waals surface area contributed by atoms with Crippen molar-refractivity contribution in [1.82, 2.24) is 4.90 Å². The molecule has 4 heteroatoms. The first kappa shape index (κ1) is 8.87. The molecule has 1 saturated heterocycles. The zero-order chi connectivity index (χ0) is 8.27. The Kier molecular flexibility index (Phi) is 3.20. The molecule has 2 N–H and O–H groups in total. The maximum absolute atomic E-state index is 11.4. The fraction of sp³-hybridized carbons (Fsp3) is 0.857. The molecule has 0 radical (unpaired) electrons. The highest BCUT2D eigenvalue weighted by Gasteiger charge is 2.22. The van der Waals surface area contributed by atoms with Crippen molar-refractivity contribution in [3.05, 3.63) is 0 Å². The molecule has 0 spiro atoms. The van der Waals surface area contributed by atoms with Gasteiger partial charge < -0.3 is 10.6 Å². The quantitative estimate of drug-likeness (QED) is 0.653. The molecule has 11 heavy (non-hydrogen) atoms. The van der Waals surface area contributed by atoms with E-state index in [0.717, 1.165) is 24.6 Å². The number of rotatable bonds is 2. The highest BCUT2D eigenvalue weighted by molar-refractivity contribution is 7.99.